The Balaban J connectivity index is 2.38. The van der Waals surface area contributed by atoms with Crippen molar-refractivity contribution in [2.75, 3.05) is 4.72 Å². The molecule has 4 nitrogen and oxygen atoms in total. The van der Waals surface area contributed by atoms with Crippen molar-refractivity contribution >= 4 is 43.0 Å². The summed E-state index contributed by atoms with van der Waals surface area (Å²) in [5.74, 6) is 0. The average molecular weight is 376 g/mol. The molecule has 0 saturated carbocycles. The lowest BCUT2D eigenvalue weighted by atomic mass is 10.1. The molecule has 1 aromatic carbocycles. The van der Waals surface area contributed by atoms with E-state index in [0.717, 1.165) is 26.9 Å². The summed E-state index contributed by atoms with van der Waals surface area (Å²) in [5, 5.41) is 10.6. The SMILES string of the molecule is Cc1cc(Br)cc(C)c1NS(=O)(=O)c1cc(CO)cs1. The summed E-state index contributed by atoms with van der Waals surface area (Å²) in [4.78, 5) is 0. The van der Waals surface area contributed by atoms with Crippen LogP contribution in [0.4, 0.5) is 5.69 Å². The second-order valence-electron chi connectivity index (χ2n) is 4.45. The first kappa shape index (κ1) is 15.5. The summed E-state index contributed by atoms with van der Waals surface area (Å²) >= 11 is 4.48. The first-order valence-corrected chi connectivity index (χ1v) is 8.97. The highest BCUT2D eigenvalue weighted by molar-refractivity contribution is 9.10. The zero-order valence-electron chi connectivity index (χ0n) is 11.0. The number of nitrogens with one attached hydrogen (secondary N) is 1. The molecular weight excluding hydrogens is 362 g/mol. The third-order valence-corrected chi connectivity index (χ3v) is 6.11. The van der Waals surface area contributed by atoms with Crippen LogP contribution in [0.5, 0.6) is 0 Å². The lowest BCUT2D eigenvalue weighted by molar-refractivity contribution is 0.282. The van der Waals surface area contributed by atoms with Gasteiger partial charge in [0.2, 0.25) is 0 Å². The Hall–Kier alpha value is -0.890. The van der Waals surface area contributed by atoms with E-state index in [1.807, 2.05) is 26.0 Å². The molecule has 0 saturated heterocycles. The van der Waals surface area contributed by atoms with Crippen LogP contribution in [0.2, 0.25) is 0 Å². The van der Waals surface area contributed by atoms with E-state index in [1.54, 1.807) is 5.38 Å². The zero-order valence-corrected chi connectivity index (χ0v) is 14.2. The Kier molecular flexibility index (Phi) is 4.53. The van der Waals surface area contributed by atoms with Crippen molar-refractivity contribution in [1.29, 1.82) is 0 Å². The molecule has 2 rings (SSSR count). The fraction of sp³-hybridized carbons (Fsp3) is 0.231. The maximum absolute atomic E-state index is 12.3. The molecule has 0 aliphatic carbocycles. The topological polar surface area (TPSA) is 66.4 Å². The predicted octanol–water partition coefficient (Wildman–Crippen LogP) is 3.42. The number of hydrogen-bond acceptors (Lipinski definition) is 4. The molecule has 0 bridgehead atoms. The molecule has 0 amide bonds. The minimum atomic E-state index is -3.62. The summed E-state index contributed by atoms with van der Waals surface area (Å²) in [6.07, 6.45) is 0. The molecule has 0 atom stereocenters. The maximum Gasteiger partial charge on any atom is 0.271 e. The van der Waals surface area contributed by atoms with E-state index in [1.165, 1.54) is 6.07 Å². The van der Waals surface area contributed by atoms with E-state index in [0.29, 0.717) is 11.3 Å². The van der Waals surface area contributed by atoms with Crippen molar-refractivity contribution in [3.8, 4) is 0 Å². The van der Waals surface area contributed by atoms with E-state index >= 15 is 0 Å². The Bertz CT molecular complexity index is 715. The van der Waals surface area contributed by atoms with E-state index in [-0.39, 0.29) is 10.8 Å². The molecule has 0 aliphatic rings. The third kappa shape index (κ3) is 3.22. The quantitative estimate of drug-likeness (QED) is 0.859. The zero-order chi connectivity index (χ0) is 14.9. The van der Waals surface area contributed by atoms with E-state index in [2.05, 4.69) is 20.7 Å². The molecule has 2 aromatic rings. The van der Waals surface area contributed by atoms with Crippen molar-refractivity contribution in [3.05, 3.63) is 44.7 Å². The summed E-state index contributed by atoms with van der Waals surface area (Å²) < 4.78 is 28.4. The standard InChI is InChI=1S/C13H14BrNO3S2/c1-8-3-11(14)4-9(2)13(8)15-20(17,18)12-5-10(6-16)7-19-12/h3-5,7,15-16H,6H2,1-2H3. The summed E-state index contributed by atoms with van der Waals surface area (Å²) in [7, 11) is -3.62. The number of aliphatic hydroxyl groups excluding tert-OH is 1. The van der Waals surface area contributed by atoms with Crippen LogP contribution in [0.15, 0.2) is 32.3 Å². The van der Waals surface area contributed by atoms with Crippen LogP contribution in [-0.4, -0.2) is 13.5 Å². The van der Waals surface area contributed by atoms with Crippen molar-refractivity contribution in [3.63, 3.8) is 0 Å². The van der Waals surface area contributed by atoms with Crippen LogP contribution in [0.3, 0.4) is 0 Å². The van der Waals surface area contributed by atoms with E-state index in [4.69, 9.17) is 5.11 Å². The van der Waals surface area contributed by atoms with Crippen molar-refractivity contribution in [1.82, 2.24) is 0 Å². The Morgan fingerprint density at radius 2 is 1.85 bits per heavy atom. The highest BCUT2D eigenvalue weighted by atomic mass is 79.9. The maximum atomic E-state index is 12.3. The van der Waals surface area contributed by atoms with Crippen LogP contribution in [0, 0.1) is 13.8 Å². The molecule has 1 aromatic heterocycles. The van der Waals surface area contributed by atoms with Gasteiger partial charge in [-0.25, -0.2) is 8.42 Å². The molecule has 0 fully saturated rings. The number of aliphatic hydroxyl groups is 1. The number of rotatable bonds is 4. The van der Waals surface area contributed by atoms with Crippen molar-refractivity contribution in [2.45, 2.75) is 24.7 Å². The van der Waals surface area contributed by atoms with Gasteiger partial charge in [-0.2, -0.15) is 0 Å². The average Bonchev–Trinajstić information content (AvgIpc) is 2.83. The lowest BCUT2D eigenvalue weighted by Crippen LogP contribution is -2.13. The molecule has 0 spiro atoms. The number of hydrogen-bond donors (Lipinski definition) is 2. The lowest BCUT2D eigenvalue weighted by Gasteiger charge is -2.13. The third-order valence-electron chi connectivity index (χ3n) is 2.81. The van der Waals surface area contributed by atoms with Crippen LogP contribution in [0.1, 0.15) is 16.7 Å². The van der Waals surface area contributed by atoms with Crippen LogP contribution < -0.4 is 4.72 Å². The highest BCUT2D eigenvalue weighted by Gasteiger charge is 2.19. The van der Waals surface area contributed by atoms with Gasteiger partial charge in [0.25, 0.3) is 10.0 Å². The second kappa shape index (κ2) is 5.85. The minimum absolute atomic E-state index is 0.164. The fourth-order valence-electron chi connectivity index (χ4n) is 1.83. The van der Waals surface area contributed by atoms with Crippen molar-refractivity contribution < 1.29 is 13.5 Å². The Morgan fingerprint density at radius 1 is 1.25 bits per heavy atom. The number of halogens is 1. The molecule has 0 radical (unpaired) electrons. The van der Waals surface area contributed by atoms with Gasteiger partial charge in [-0.3, -0.25) is 4.72 Å². The summed E-state index contributed by atoms with van der Waals surface area (Å²) in [6, 6.07) is 5.20. The van der Waals surface area contributed by atoms with Crippen LogP contribution >= 0.6 is 27.3 Å². The van der Waals surface area contributed by atoms with Gasteiger partial charge < -0.3 is 5.11 Å². The van der Waals surface area contributed by atoms with Crippen molar-refractivity contribution in [2.24, 2.45) is 0 Å². The van der Waals surface area contributed by atoms with Gasteiger partial charge in [0.15, 0.2) is 0 Å². The van der Waals surface area contributed by atoms with Crippen LogP contribution in [-0.2, 0) is 16.6 Å². The molecule has 20 heavy (non-hydrogen) atoms. The molecule has 0 unspecified atom stereocenters. The van der Waals surface area contributed by atoms with Gasteiger partial charge >= 0.3 is 0 Å². The normalized spacial score (nSPS) is 11.6. The summed E-state index contributed by atoms with van der Waals surface area (Å²) in [6.45, 7) is 3.54. The molecular formula is C13H14BrNO3S2. The molecule has 0 aliphatic heterocycles. The Labute approximate surface area is 130 Å². The fourth-order valence-corrected chi connectivity index (χ4v) is 4.92. The minimum Gasteiger partial charge on any atom is -0.392 e. The Morgan fingerprint density at radius 3 is 2.35 bits per heavy atom. The number of aryl methyl sites for hydroxylation is 2. The number of thiophene rings is 1. The van der Waals surface area contributed by atoms with Gasteiger partial charge in [-0.1, -0.05) is 15.9 Å². The molecule has 7 heteroatoms. The van der Waals surface area contributed by atoms with Gasteiger partial charge in [-0.15, -0.1) is 11.3 Å². The molecule has 1 heterocycles. The number of benzene rings is 1. The van der Waals surface area contributed by atoms with E-state index < -0.39 is 10.0 Å². The highest BCUT2D eigenvalue weighted by Crippen LogP contribution is 2.29. The van der Waals surface area contributed by atoms with Gasteiger partial charge in [-0.05, 0) is 54.1 Å². The predicted molar refractivity (Wildman–Crippen MR) is 84.7 cm³/mol. The first-order chi connectivity index (χ1) is 9.33. The molecule has 108 valence electrons. The van der Waals surface area contributed by atoms with E-state index in [9.17, 15) is 8.42 Å². The number of anilines is 1. The smallest absolute Gasteiger partial charge is 0.271 e. The molecule has 2 N–H and O–H groups in total. The van der Waals surface area contributed by atoms with Gasteiger partial charge in [0, 0.05) is 4.47 Å². The largest absolute Gasteiger partial charge is 0.392 e. The van der Waals surface area contributed by atoms with Gasteiger partial charge in [0.05, 0.1) is 12.3 Å². The summed E-state index contributed by atoms with van der Waals surface area (Å²) in [5.41, 5.74) is 2.88. The van der Waals surface area contributed by atoms with Gasteiger partial charge in [0.1, 0.15) is 4.21 Å². The van der Waals surface area contributed by atoms with Crippen LogP contribution in [0.25, 0.3) is 0 Å². The monoisotopic (exact) mass is 375 g/mol. The number of sulfonamides is 1. The first-order valence-electron chi connectivity index (χ1n) is 5.81. The second-order valence-corrected chi connectivity index (χ2v) is 8.19.